The van der Waals surface area contributed by atoms with Crippen LogP contribution < -0.4 is 10.6 Å². The summed E-state index contributed by atoms with van der Waals surface area (Å²) in [6, 6.07) is 8.15. The van der Waals surface area contributed by atoms with E-state index in [0.29, 0.717) is 24.4 Å². The number of furan rings is 1. The molecule has 7 heteroatoms. The zero-order chi connectivity index (χ0) is 16.9. The lowest BCUT2D eigenvalue weighted by molar-refractivity contribution is -0.124. The first-order valence-electron chi connectivity index (χ1n) is 7.77. The minimum Gasteiger partial charge on any atom is -0.467 e. The summed E-state index contributed by atoms with van der Waals surface area (Å²) < 4.78 is 18.1. The number of nitrogens with one attached hydrogen (secondary N) is 2. The van der Waals surface area contributed by atoms with Gasteiger partial charge in [0.15, 0.2) is 0 Å². The fraction of sp³-hybridized carbons (Fsp3) is 0.294. The predicted molar refractivity (Wildman–Crippen MR) is 85.7 cm³/mol. The molecule has 6 nitrogen and oxygen atoms in total. The smallest absolute Gasteiger partial charge is 0.322 e. The van der Waals surface area contributed by atoms with Crippen molar-refractivity contribution < 1.29 is 18.4 Å². The molecule has 2 heterocycles. The third kappa shape index (κ3) is 3.73. The second-order valence-electron chi connectivity index (χ2n) is 5.59. The molecule has 1 aliphatic rings. The van der Waals surface area contributed by atoms with Gasteiger partial charge in [-0.15, -0.1) is 0 Å². The maximum absolute atomic E-state index is 12.9. The second-order valence-corrected chi connectivity index (χ2v) is 5.59. The van der Waals surface area contributed by atoms with Gasteiger partial charge in [-0.25, -0.2) is 9.18 Å². The average Bonchev–Trinajstić information content (AvgIpc) is 3.26. The highest BCUT2D eigenvalue weighted by molar-refractivity contribution is 5.94. The van der Waals surface area contributed by atoms with Crippen molar-refractivity contribution in [1.82, 2.24) is 10.2 Å². The number of anilines is 1. The zero-order valence-corrected chi connectivity index (χ0v) is 13.0. The number of benzene rings is 1. The molecular formula is C17H18FN3O3. The summed E-state index contributed by atoms with van der Waals surface area (Å²) in [4.78, 5) is 26.2. The minimum atomic E-state index is -0.514. The summed E-state index contributed by atoms with van der Waals surface area (Å²) in [5.74, 6) is 0.0752. The van der Waals surface area contributed by atoms with Crippen molar-refractivity contribution in [2.24, 2.45) is 0 Å². The Morgan fingerprint density at radius 3 is 2.75 bits per heavy atom. The number of carbonyl (C=O) groups excluding carboxylic acids is 2. The van der Waals surface area contributed by atoms with E-state index in [1.54, 1.807) is 18.4 Å². The summed E-state index contributed by atoms with van der Waals surface area (Å²) in [7, 11) is 0. The fourth-order valence-electron chi connectivity index (χ4n) is 2.72. The Labute approximate surface area is 138 Å². The van der Waals surface area contributed by atoms with E-state index < -0.39 is 6.04 Å². The van der Waals surface area contributed by atoms with Crippen LogP contribution in [0.5, 0.6) is 0 Å². The molecule has 0 aliphatic carbocycles. The topological polar surface area (TPSA) is 74.6 Å². The quantitative estimate of drug-likeness (QED) is 0.904. The number of halogens is 1. The van der Waals surface area contributed by atoms with Gasteiger partial charge in [0.05, 0.1) is 12.8 Å². The van der Waals surface area contributed by atoms with Gasteiger partial charge in [0.25, 0.3) is 0 Å². The van der Waals surface area contributed by atoms with Crippen LogP contribution in [0.2, 0.25) is 0 Å². The Hall–Kier alpha value is -2.83. The first-order chi connectivity index (χ1) is 11.6. The van der Waals surface area contributed by atoms with Crippen molar-refractivity contribution in [3.63, 3.8) is 0 Å². The molecule has 1 aliphatic heterocycles. The molecule has 2 N–H and O–H groups in total. The Kier molecular flexibility index (Phi) is 4.79. The highest BCUT2D eigenvalue weighted by Crippen LogP contribution is 2.19. The summed E-state index contributed by atoms with van der Waals surface area (Å²) >= 11 is 0. The van der Waals surface area contributed by atoms with Crippen molar-refractivity contribution in [3.05, 3.63) is 54.2 Å². The van der Waals surface area contributed by atoms with E-state index in [2.05, 4.69) is 10.6 Å². The SMILES string of the molecule is O=C(NCc1ccco1)[C@@H]1CCCN1C(=O)Nc1ccc(F)cc1. The van der Waals surface area contributed by atoms with Gasteiger partial charge < -0.3 is 20.0 Å². The lowest BCUT2D eigenvalue weighted by Crippen LogP contribution is -2.47. The largest absolute Gasteiger partial charge is 0.467 e. The molecule has 24 heavy (non-hydrogen) atoms. The van der Waals surface area contributed by atoms with Gasteiger partial charge in [0.1, 0.15) is 17.6 Å². The molecule has 0 bridgehead atoms. The molecule has 1 atom stereocenters. The van der Waals surface area contributed by atoms with Crippen LogP contribution in [0.25, 0.3) is 0 Å². The monoisotopic (exact) mass is 331 g/mol. The van der Waals surface area contributed by atoms with Gasteiger partial charge in [-0.05, 0) is 49.2 Å². The van der Waals surface area contributed by atoms with Gasteiger partial charge in [0, 0.05) is 12.2 Å². The van der Waals surface area contributed by atoms with Crippen LogP contribution in [0.3, 0.4) is 0 Å². The molecule has 3 rings (SSSR count). The molecule has 0 radical (unpaired) electrons. The summed E-state index contributed by atoms with van der Waals surface area (Å²) in [6.07, 6.45) is 2.91. The van der Waals surface area contributed by atoms with Crippen molar-refractivity contribution >= 4 is 17.6 Å². The van der Waals surface area contributed by atoms with Crippen molar-refractivity contribution in [1.29, 1.82) is 0 Å². The first-order valence-corrected chi connectivity index (χ1v) is 7.77. The van der Waals surface area contributed by atoms with Crippen LogP contribution >= 0.6 is 0 Å². The van der Waals surface area contributed by atoms with Crippen LogP contribution in [-0.4, -0.2) is 29.4 Å². The molecule has 0 spiro atoms. The standard InChI is InChI=1S/C17H18FN3O3/c18-12-5-7-13(8-6-12)20-17(23)21-9-1-4-15(21)16(22)19-11-14-3-2-10-24-14/h2-3,5-8,10,15H,1,4,9,11H2,(H,19,22)(H,20,23)/t15-/m0/s1. The number of rotatable bonds is 4. The third-order valence-electron chi connectivity index (χ3n) is 3.93. The van der Waals surface area contributed by atoms with Crippen molar-refractivity contribution in [2.45, 2.75) is 25.4 Å². The normalized spacial score (nSPS) is 16.9. The lowest BCUT2D eigenvalue weighted by Gasteiger charge is -2.24. The van der Waals surface area contributed by atoms with Crippen molar-refractivity contribution in [2.75, 3.05) is 11.9 Å². The number of likely N-dealkylation sites (tertiary alicyclic amines) is 1. The van der Waals surface area contributed by atoms with E-state index in [-0.39, 0.29) is 24.3 Å². The average molecular weight is 331 g/mol. The number of urea groups is 1. The van der Waals surface area contributed by atoms with Gasteiger partial charge in [-0.3, -0.25) is 4.79 Å². The summed E-state index contributed by atoms with van der Waals surface area (Å²) in [5.41, 5.74) is 0.489. The van der Waals surface area contributed by atoms with Crippen LogP contribution in [0.15, 0.2) is 47.1 Å². The predicted octanol–water partition coefficient (Wildman–Crippen LogP) is 2.73. The molecule has 2 aromatic rings. The molecule has 3 amide bonds. The van der Waals surface area contributed by atoms with Crippen LogP contribution in [-0.2, 0) is 11.3 Å². The first kappa shape index (κ1) is 16.0. The van der Waals surface area contributed by atoms with Gasteiger partial charge in [-0.1, -0.05) is 0 Å². The molecule has 0 unspecified atom stereocenters. The Balaban J connectivity index is 1.58. The maximum Gasteiger partial charge on any atom is 0.322 e. The van der Waals surface area contributed by atoms with E-state index in [1.807, 2.05) is 0 Å². The molecule has 0 saturated carbocycles. The minimum absolute atomic E-state index is 0.210. The number of carbonyl (C=O) groups is 2. The lowest BCUT2D eigenvalue weighted by atomic mass is 10.2. The van der Waals surface area contributed by atoms with E-state index >= 15 is 0 Å². The summed E-state index contributed by atoms with van der Waals surface area (Å²) in [6.45, 7) is 0.793. The molecule has 1 saturated heterocycles. The number of hydrogen-bond acceptors (Lipinski definition) is 3. The maximum atomic E-state index is 12.9. The van der Waals surface area contributed by atoms with E-state index in [4.69, 9.17) is 4.42 Å². The second kappa shape index (κ2) is 7.16. The van der Waals surface area contributed by atoms with E-state index in [9.17, 15) is 14.0 Å². The summed E-state index contributed by atoms with van der Waals surface area (Å²) in [5, 5.41) is 5.47. The molecule has 1 fully saturated rings. The molecule has 1 aromatic carbocycles. The van der Waals surface area contributed by atoms with Crippen LogP contribution in [0.4, 0.5) is 14.9 Å². The van der Waals surface area contributed by atoms with Crippen molar-refractivity contribution in [3.8, 4) is 0 Å². The zero-order valence-electron chi connectivity index (χ0n) is 13.0. The highest BCUT2D eigenvalue weighted by Gasteiger charge is 2.34. The number of nitrogens with zero attached hydrogens (tertiary/aromatic N) is 1. The van der Waals surface area contributed by atoms with Gasteiger partial charge in [-0.2, -0.15) is 0 Å². The van der Waals surface area contributed by atoms with Crippen LogP contribution in [0, 0.1) is 5.82 Å². The van der Waals surface area contributed by atoms with E-state index in [1.165, 1.54) is 29.2 Å². The Bertz CT molecular complexity index is 700. The number of hydrogen-bond donors (Lipinski definition) is 2. The van der Waals surface area contributed by atoms with Gasteiger partial charge >= 0.3 is 6.03 Å². The van der Waals surface area contributed by atoms with Gasteiger partial charge in [0.2, 0.25) is 5.91 Å². The van der Waals surface area contributed by atoms with Crippen LogP contribution in [0.1, 0.15) is 18.6 Å². The molecule has 126 valence electrons. The highest BCUT2D eigenvalue weighted by atomic mass is 19.1. The fourth-order valence-corrected chi connectivity index (χ4v) is 2.72. The number of amides is 3. The molecular weight excluding hydrogens is 313 g/mol. The van der Waals surface area contributed by atoms with E-state index in [0.717, 1.165) is 6.42 Å². The Morgan fingerprint density at radius 2 is 2.04 bits per heavy atom. The Morgan fingerprint density at radius 1 is 1.25 bits per heavy atom. The third-order valence-corrected chi connectivity index (χ3v) is 3.93. The molecule has 1 aromatic heterocycles.